The molecule has 1 aliphatic rings. The van der Waals surface area contributed by atoms with Crippen molar-refractivity contribution in [2.24, 2.45) is 0 Å². The van der Waals surface area contributed by atoms with Crippen LogP contribution in [-0.2, 0) is 4.79 Å². The van der Waals surface area contributed by atoms with Gasteiger partial charge in [-0.25, -0.2) is 0 Å². The van der Waals surface area contributed by atoms with Gasteiger partial charge in [-0.3, -0.25) is 4.79 Å². The Labute approximate surface area is 83.1 Å². The summed E-state index contributed by atoms with van der Waals surface area (Å²) in [4.78, 5) is 13.4. The number of nitriles is 1. The van der Waals surface area contributed by atoms with Crippen molar-refractivity contribution >= 4 is 17.7 Å². The van der Waals surface area contributed by atoms with Crippen molar-refractivity contribution in [3.8, 4) is 6.07 Å². The third-order valence-corrected chi connectivity index (χ3v) is 2.89. The number of likely N-dealkylation sites (tertiary alicyclic amines) is 1. The van der Waals surface area contributed by atoms with E-state index in [1.54, 1.807) is 0 Å². The molecule has 1 heterocycles. The Morgan fingerprint density at radius 2 is 2.08 bits per heavy atom. The van der Waals surface area contributed by atoms with Gasteiger partial charge in [0.25, 0.3) is 0 Å². The van der Waals surface area contributed by atoms with Crippen LogP contribution in [0.2, 0.25) is 0 Å². The fourth-order valence-electron chi connectivity index (χ4n) is 1.42. The lowest BCUT2D eigenvalue weighted by Gasteiger charge is -2.26. The van der Waals surface area contributed by atoms with Gasteiger partial charge in [-0.1, -0.05) is 0 Å². The molecule has 0 saturated carbocycles. The predicted molar refractivity (Wildman–Crippen MR) is 53.4 cm³/mol. The Hall–Kier alpha value is -0.690. The summed E-state index contributed by atoms with van der Waals surface area (Å²) in [7, 11) is 0. The van der Waals surface area contributed by atoms with Gasteiger partial charge >= 0.3 is 0 Å². The molecule has 0 aromatic rings. The van der Waals surface area contributed by atoms with Crippen LogP contribution in [0.4, 0.5) is 0 Å². The Bertz CT molecular complexity index is 206. The Balaban J connectivity index is 2.18. The van der Waals surface area contributed by atoms with Crippen LogP contribution in [0.1, 0.15) is 19.3 Å². The van der Waals surface area contributed by atoms with E-state index in [4.69, 9.17) is 5.26 Å². The first-order valence-corrected chi connectivity index (χ1v) is 5.72. The predicted octanol–water partition coefficient (Wildman–Crippen LogP) is 1.26. The zero-order valence-electron chi connectivity index (χ0n) is 7.66. The maximum atomic E-state index is 11.5. The highest BCUT2D eigenvalue weighted by Crippen LogP contribution is 2.10. The number of carbonyl (C=O) groups excluding carboxylic acids is 1. The first-order chi connectivity index (χ1) is 6.34. The fraction of sp³-hybridized carbons (Fsp3) is 0.778. The summed E-state index contributed by atoms with van der Waals surface area (Å²) < 4.78 is 0. The summed E-state index contributed by atoms with van der Waals surface area (Å²) in [6.07, 6.45) is 3.51. The van der Waals surface area contributed by atoms with E-state index in [-0.39, 0.29) is 5.91 Å². The fourth-order valence-corrected chi connectivity index (χ4v) is 1.97. The summed E-state index contributed by atoms with van der Waals surface area (Å²) in [6.45, 7) is 1.82. The highest BCUT2D eigenvalue weighted by atomic mass is 32.2. The van der Waals surface area contributed by atoms with Gasteiger partial charge in [0.1, 0.15) is 0 Å². The van der Waals surface area contributed by atoms with Gasteiger partial charge in [0.2, 0.25) is 5.91 Å². The first-order valence-electron chi connectivity index (χ1n) is 4.57. The molecule has 0 radical (unpaired) electrons. The smallest absolute Gasteiger partial charge is 0.232 e. The van der Waals surface area contributed by atoms with E-state index in [1.807, 2.05) is 11.0 Å². The lowest BCUT2D eigenvalue weighted by atomic mass is 10.1. The minimum atomic E-state index is 0.194. The normalized spacial score (nSPS) is 16.7. The summed E-state index contributed by atoms with van der Waals surface area (Å²) in [5, 5.41) is 8.29. The van der Waals surface area contributed by atoms with Gasteiger partial charge in [0, 0.05) is 13.1 Å². The monoisotopic (exact) mass is 198 g/mol. The second kappa shape index (κ2) is 5.87. The number of hydrogen-bond donors (Lipinski definition) is 0. The van der Waals surface area contributed by atoms with E-state index in [1.165, 1.54) is 18.2 Å². The summed E-state index contributed by atoms with van der Waals surface area (Å²) in [6, 6.07) is 2.02. The van der Waals surface area contributed by atoms with Crippen LogP contribution in [0.15, 0.2) is 0 Å². The van der Waals surface area contributed by atoms with Crippen LogP contribution in [0, 0.1) is 11.3 Å². The van der Waals surface area contributed by atoms with E-state index in [0.29, 0.717) is 11.5 Å². The number of amides is 1. The van der Waals surface area contributed by atoms with Crippen molar-refractivity contribution in [2.75, 3.05) is 24.6 Å². The van der Waals surface area contributed by atoms with E-state index in [2.05, 4.69) is 0 Å². The molecule has 1 rings (SSSR count). The van der Waals surface area contributed by atoms with Crippen LogP contribution in [-0.4, -0.2) is 35.4 Å². The zero-order valence-corrected chi connectivity index (χ0v) is 8.48. The van der Waals surface area contributed by atoms with Crippen LogP contribution in [0.3, 0.4) is 0 Å². The van der Waals surface area contributed by atoms with Crippen LogP contribution in [0.25, 0.3) is 0 Å². The molecule has 13 heavy (non-hydrogen) atoms. The molecule has 3 nitrogen and oxygen atoms in total. The molecule has 4 heteroatoms. The summed E-state index contributed by atoms with van der Waals surface area (Å²) in [5.74, 6) is 1.08. The first kappa shape index (κ1) is 10.4. The molecule has 0 aromatic heterocycles. The number of carbonyl (C=O) groups is 1. The van der Waals surface area contributed by atoms with Gasteiger partial charge in [-0.15, -0.1) is 11.8 Å². The molecular weight excluding hydrogens is 184 g/mol. The topological polar surface area (TPSA) is 44.1 Å². The molecular formula is C9H14N2OS. The third kappa shape index (κ3) is 3.69. The van der Waals surface area contributed by atoms with Gasteiger partial charge in [-0.2, -0.15) is 5.26 Å². The van der Waals surface area contributed by atoms with E-state index >= 15 is 0 Å². The van der Waals surface area contributed by atoms with E-state index in [9.17, 15) is 4.79 Å². The summed E-state index contributed by atoms with van der Waals surface area (Å²) >= 11 is 1.40. The van der Waals surface area contributed by atoms with E-state index in [0.717, 1.165) is 25.9 Å². The molecule has 0 aromatic carbocycles. The zero-order chi connectivity index (χ0) is 9.52. The maximum Gasteiger partial charge on any atom is 0.232 e. The third-order valence-electron chi connectivity index (χ3n) is 2.10. The van der Waals surface area contributed by atoms with Crippen molar-refractivity contribution < 1.29 is 4.79 Å². The SMILES string of the molecule is N#CCSCC(=O)N1CCCCC1. The Kier molecular flexibility index (Phi) is 4.69. The molecule has 0 aliphatic carbocycles. The number of hydrogen-bond acceptors (Lipinski definition) is 3. The van der Waals surface area contributed by atoms with Crippen LogP contribution >= 0.6 is 11.8 Å². The minimum Gasteiger partial charge on any atom is -0.342 e. The Morgan fingerprint density at radius 1 is 1.38 bits per heavy atom. The van der Waals surface area contributed by atoms with Gasteiger partial charge in [-0.05, 0) is 19.3 Å². The maximum absolute atomic E-state index is 11.5. The number of thioether (sulfide) groups is 1. The van der Waals surface area contributed by atoms with Crippen LogP contribution in [0.5, 0.6) is 0 Å². The molecule has 1 amide bonds. The average Bonchev–Trinajstić information content (AvgIpc) is 2.19. The number of nitrogens with zero attached hydrogens (tertiary/aromatic N) is 2. The van der Waals surface area contributed by atoms with Crippen molar-refractivity contribution in [3.05, 3.63) is 0 Å². The van der Waals surface area contributed by atoms with Crippen molar-refractivity contribution in [3.63, 3.8) is 0 Å². The highest BCUT2D eigenvalue weighted by molar-refractivity contribution is 8.00. The number of rotatable bonds is 3. The molecule has 0 atom stereocenters. The molecule has 1 aliphatic heterocycles. The van der Waals surface area contributed by atoms with Crippen molar-refractivity contribution in [2.45, 2.75) is 19.3 Å². The van der Waals surface area contributed by atoms with Gasteiger partial charge in [0.15, 0.2) is 0 Å². The molecule has 1 saturated heterocycles. The molecule has 1 fully saturated rings. The standard InChI is InChI=1S/C9H14N2OS/c10-4-7-13-8-9(12)11-5-2-1-3-6-11/h1-3,5-8H2. The molecule has 0 unspecified atom stereocenters. The molecule has 0 spiro atoms. The minimum absolute atomic E-state index is 0.194. The number of piperidine rings is 1. The lowest BCUT2D eigenvalue weighted by molar-refractivity contribution is -0.129. The largest absolute Gasteiger partial charge is 0.342 e. The quantitative estimate of drug-likeness (QED) is 0.641. The van der Waals surface area contributed by atoms with Gasteiger partial charge < -0.3 is 4.90 Å². The molecule has 72 valence electrons. The lowest BCUT2D eigenvalue weighted by Crippen LogP contribution is -2.36. The summed E-state index contributed by atoms with van der Waals surface area (Å²) in [5.41, 5.74) is 0. The van der Waals surface area contributed by atoms with E-state index < -0.39 is 0 Å². The molecule has 0 bridgehead atoms. The highest BCUT2D eigenvalue weighted by Gasteiger charge is 2.15. The second-order valence-electron chi connectivity index (χ2n) is 3.09. The average molecular weight is 198 g/mol. The van der Waals surface area contributed by atoms with Crippen LogP contribution < -0.4 is 0 Å². The van der Waals surface area contributed by atoms with Crippen molar-refractivity contribution in [1.29, 1.82) is 5.26 Å². The Morgan fingerprint density at radius 3 is 2.69 bits per heavy atom. The van der Waals surface area contributed by atoms with Crippen molar-refractivity contribution in [1.82, 2.24) is 4.90 Å². The van der Waals surface area contributed by atoms with Gasteiger partial charge in [0.05, 0.1) is 17.6 Å². The molecule has 0 N–H and O–H groups in total. The second-order valence-corrected chi connectivity index (χ2v) is 4.08.